The molecule has 0 aromatic carbocycles. The first kappa shape index (κ1) is 25.7. The first-order chi connectivity index (χ1) is 8.06. The second-order valence-corrected chi connectivity index (χ2v) is 5.52. The first-order valence-corrected chi connectivity index (χ1v) is 8.04. The third kappa shape index (κ3) is 25.1. The molecule has 0 fully saturated rings. The molecule has 1 N–H and O–H groups in total. The molecule has 0 aromatic heterocycles. The van der Waals surface area contributed by atoms with Crippen LogP contribution in [-0.4, -0.2) is 46.9 Å². The van der Waals surface area contributed by atoms with Crippen LogP contribution in [0, 0.1) is 0 Å². The molecule has 0 aliphatic heterocycles. The van der Waals surface area contributed by atoms with Gasteiger partial charge in [0.25, 0.3) is 0 Å². The van der Waals surface area contributed by atoms with Gasteiger partial charge in [0.05, 0.1) is 6.61 Å². The molecule has 0 spiro atoms. The third-order valence-corrected chi connectivity index (χ3v) is 3.19. The summed E-state index contributed by atoms with van der Waals surface area (Å²) in [4.78, 5) is 0. The SMILES string of the molecule is CCCCCCCCCCCCOS(=O)(=O)O.[H-].[Na+].[PbH2]. The van der Waals surface area contributed by atoms with Gasteiger partial charge in [-0.1, -0.05) is 64.7 Å². The Morgan fingerprint density at radius 1 is 0.895 bits per heavy atom. The van der Waals surface area contributed by atoms with E-state index in [1.807, 2.05) is 0 Å². The van der Waals surface area contributed by atoms with Crippen molar-refractivity contribution in [1.29, 1.82) is 0 Å². The molecule has 0 aromatic rings. The van der Waals surface area contributed by atoms with Gasteiger partial charge in [-0.3, -0.25) is 4.55 Å². The Labute approximate surface area is 162 Å². The molecular weight excluding hydrogens is 470 g/mol. The predicted octanol–water partition coefficient (Wildman–Crippen LogP) is -0.0730. The molecule has 19 heavy (non-hydrogen) atoms. The van der Waals surface area contributed by atoms with Gasteiger partial charge in [-0.05, 0) is 6.42 Å². The van der Waals surface area contributed by atoms with Gasteiger partial charge in [0.15, 0.2) is 0 Å². The molecule has 0 bridgehead atoms. The monoisotopic (exact) mass is 500 g/mol. The molecule has 112 valence electrons. The Balaban J connectivity index is -0.000000427. The van der Waals surface area contributed by atoms with E-state index in [2.05, 4.69) is 11.1 Å². The van der Waals surface area contributed by atoms with Gasteiger partial charge < -0.3 is 1.43 Å². The summed E-state index contributed by atoms with van der Waals surface area (Å²) in [5.74, 6) is 0. The molecule has 0 atom stereocenters. The fraction of sp³-hybridized carbons (Fsp3) is 1.00. The van der Waals surface area contributed by atoms with E-state index in [-0.39, 0.29) is 64.9 Å². The van der Waals surface area contributed by atoms with Gasteiger partial charge in [0.1, 0.15) is 0 Å². The summed E-state index contributed by atoms with van der Waals surface area (Å²) in [6.07, 6.45) is 11.9. The fourth-order valence-electron chi connectivity index (χ4n) is 1.75. The van der Waals surface area contributed by atoms with Gasteiger partial charge in [-0.25, -0.2) is 4.18 Å². The van der Waals surface area contributed by atoms with E-state index in [4.69, 9.17) is 4.55 Å². The van der Waals surface area contributed by atoms with Gasteiger partial charge in [-0.2, -0.15) is 8.42 Å². The molecule has 0 amide bonds. The van der Waals surface area contributed by atoms with Crippen molar-refractivity contribution in [3.63, 3.8) is 0 Å². The van der Waals surface area contributed by atoms with Crippen molar-refractivity contribution in [2.45, 2.75) is 71.1 Å². The van der Waals surface area contributed by atoms with Crippen LogP contribution in [-0.2, 0) is 14.6 Å². The van der Waals surface area contributed by atoms with E-state index in [1.165, 1.54) is 44.9 Å². The van der Waals surface area contributed by atoms with Crippen molar-refractivity contribution in [3.05, 3.63) is 0 Å². The van der Waals surface area contributed by atoms with Crippen LogP contribution >= 0.6 is 0 Å². The summed E-state index contributed by atoms with van der Waals surface area (Å²) in [6, 6.07) is 0. The Morgan fingerprint density at radius 2 is 1.26 bits per heavy atom. The van der Waals surface area contributed by atoms with Crippen molar-refractivity contribution in [1.82, 2.24) is 0 Å². The average molecular weight is 500 g/mol. The van der Waals surface area contributed by atoms with Crippen LogP contribution in [0.4, 0.5) is 0 Å². The normalized spacial score (nSPS) is 10.6. The quantitative estimate of drug-likeness (QED) is 0.232. The minimum absolute atomic E-state index is 0. The molecule has 0 aliphatic rings. The van der Waals surface area contributed by atoms with Gasteiger partial charge in [0.2, 0.25) is 0 Å². The summed E-state index contributed by atoms with van der Waals surface area (Å²) in [5.41, 5.74) is 0. The predicted molar refractivity (Wildman–Crippen MR) is 79.0 cm³/mol. The van der Waals surface area contributed by atoms with Crippen LogP contribution in [0.15, 0.2) is 0 Å². The summed E-state index contributed by atoms with van der Waals surface area (Å²) in [5, 5.41) is 0. The Bertz CT molecular complexity index is 266. The van der Waals surface area contributed by atoms with Crippen LogP contribution < -0.4 is 29.6 Å². The molecule has 7 heteroatoms. The minimum atomic E-state index is -4.23. The van der Waals surface area contributed by atoms with Crippen LogP contribution in [0.2, 0.25) is 0 Å². The summed E-state index contributed by atoms with van der Waals surface area (Å²) >= 11 is 0. The maximum atomic E-state index is 10.2. The van der Waals surface area contributed by atoms with Crippen molar-refractivity contribution < 1.29 is 48.1 Å². The van der Waals surface area contributed by atoms with Crippen LogP contribution in [0.5, 0.6) is 0 Å². The van der Waals surface area contributed by atoms with E-state index in [9.17, 15) is 8.42 Å². The zero-order valence-electron chi connectivity index (χ0n) is 13.6. The zero-order valence-corrected chi connectivity index (χ0v) is 20.9. The molecule has 0 saturated carbocycles. The Morgan fingerprint density at radius 3 is 1.63 bits per heavy atom. The van der Waals surface area contributed by atoms with Crippen LogP contribution in [0.3, 0.4) is 0 Å². The molecule has 0 aliphatic carbocycles. The van der Waals surface area contributed by atoms with Crippen molar-refractivity contribution in [3.8, 4) is 0 Å². The van der Waals surface area contributed by atoms with Crippen molar-refractivity contribution >= 4 is 37.7 Å². The number of hydrogen-bond acceptors (Lipinski definition) is 3. The molecular formula is C12H29NaO4PbS. The van der Waals surface area contributed by atoms with Crippen LogP contribution in [0.1, 0.15) is 72.6 Å². The van der Waals surface area contributed by atoms with Gasteiger partial charge in [-0.15, -0.1) is 0 Å². The summed E-state index contributed by atoms with van der Waals surface area (Å²) < 4.78 is 33.0. The van der Waals surface area contributed by atoms with Crippen molar-refractivity contribution in [2.24, 2.45) is 0 Å². The third-order valence-electron chi connectivity index (χ3n) is 2.73. The van der Waals surface area contributed by atoms with E-state index in [1.54, 1.807) is 0 Å². The topological polar surface area (TPSA) is 63.6 Å². The second kappa shape index (κ2) is 17.8. The number of unbranched alkanes of at least 4 members (excludes halogenated alkanes) is 9. The molecule has 0 heterocycles. The van der Waals surface area contributed by atoms with Crippen LogP contribution in [0.25, 0.3) is 0 Å². The standard InChI is InChI=1S/C12H26O4S.Na.Pb.3H/c1-2-3-4-5-6-7-8-9-10-11-12-16-17(13,14)15;;;;;/h2-12H2,1H3,(H,13,14,15);;;;;/q;+1;;;;-1. The molecule has 0 rings (SSSR count). The Kier molecular flexibility index (Phi) is 24.2. The molecule has 0 unspecified atom stereocenters. The van der Waals surface area contributed by atoms with E-state index in [0.717, 1.165) is 12.8 Å². The van der Waals surface area contributed by atoms with Crippen molar-refractivity contribution in [2.75, 3.05) is 6.61 Å². The van der Waals surface area contributed by atoms with E-state index < -0.39 is 10.4 Å². The zero-order chi connectivity index (χ0) is 13.0. The summed E-state index contributed by atoms with van der Waals surface area (Å²) in [6.45, 7) is 2.31. The first-order valence-electron chi connectivity index (χ1n) is 6.68. The fourth-order valence-corrected chi connectivity index (χ4v) is 2.08. The Hall–Kier alpha value is 1.79. The van der Waals surface area contributed by atoms with E-state index in [0.29, 0.717) is 6.42 Å². The average Bonchev–Trinajstić information content (AvgIpc) is 2.24. The van der Waals surface area contributed by atoms with Gasteiger partial charge in [0, 0.05) is 0 Å². The molecule has 2 radical (unpaired) electrons. The number of rotatable bonds is 12. The van der Waals surface area contributed by atoms with E-state index >= 15 is 0 Å². The van der Waals surface area contributed by atoms with Gasteiger partial charge >= 0.3 is 67.3 Å². The maximum absolute atomic E-state index is 10.2. The molecule has 4 nitrogen and oxygen atoms in total. The molecule has 0 saturated heterocycles. The summed E-state index contributed by atoms with van der Waals surface area (Å²) in [7, 11) is -4.23. The number of hydrogen-bond donors (Lipinski definition) is 1. The second-order valence-electron chi connectivity index (χ2n) is 4.43.